The van der Waals surface area contributed by atoms with E-state index >= 15 is 0 Å². The van der Waals surface area contributed by atoms with Crippen LogP contribution in [0.15, 0.2) is 40.9 Å². The van der Waals surface area contributed by atoms with Crippen LogP contribution in [-0.4, -0.2) is 18.0 Å². The van der Waals surface area contributed by atoms with Gasteiger partial charge in [0.1, 0.15) is 12.4 Å². The van der Waals surface area contributed by atoms with E-state index in [0.717, 1.165) is 27.0 Å². The van der Waals surface area contributed by atoms with Gasteiger partial charge in [0, 0.05) is 16.6 Å². The van der Waals surface area contributed by atoms with Gasteiger partial charge in [-0.05, 0) is 50.8 Å². The van der Waals surface area contributed by atoms with Crippen LogP contribution in [0, 0.1) is 13.8 Å². The molecule has 3 nitrogen and oxygen atoms in total. The summed E-state index contributed by atoms with van der Waals surface area (Å²) in [5, 5.41) is 0.0309. The molecule has 0 spiro atoms. The van der Waals surface area contributed by atoms with Gasteiger partial charge in [0.25, 0.3) is 5.24 Å². The lowest BCUT2D eigenvalue weighted by atomic mass is 10.1. The number of amides is 1. The topological polar surface area (TPSA) is 29.5 Å². The lowest BCUT2D eigenvalue weighted by Crippen LogP contribution is -2.28. The van der Waals surface area contributed by atoms with Gasteiger partial charge in [-0.3, -0.25) is 4.79 Å². The van der Waals surface area contributed by atoms with E-state index in [1.165, 1.54) is 17.3 Å². The molecule has 0 aliphatic rings. The Labute approximate surface area is 156 Å². The Bertz CT molecular complexity index is 733. The normalized spacial score (nSPS) is 10.5. The van der Waals surface area contributed by atoms with Crippen molar-refractivity contribution in [1.29, 1.82) is 0 Å². The Hall–Kier alpha value is -1.46. The van der Waals surface area contributed by atoms with Crippen LogP contribution in [0.2, 0.25) is 0 Å². The molecule has 0 saturated carbocycles. The minimum absolute atomic E-state index is 0.0309. The molecule has 1 amide bonds. The smallest absolute Gasteiger partial charge is 0.285 e. The van der Waals surface area contributed by atoms with Gasteiger partial charge in [0.2, 0.25) is 0 Å². The number of carbonyl (C=O) groups is 1. The van der Waals surface area contributed by atoms with Crippen LogP contribution in [0.25, 0.3) is 0 Å². The van der Waals surface area contributed by atoms with Crippen LogP contribution < -0.4 is 9.64 Å². The highest BCUT2D eigenvalue weighted by Gasteiger charge is 2.18. The van der Waals surface area contributed by atoms with E-state index in [4.69, 9.17) is 4.74 Å². The zero-order chi connectivity index (χ0) is 17.7. The maximum Gasteiger partial charge on any atom is 0.285 e. The predicted octanol–water partition coefficient (Wildman–Crippen LogP) is 5.95. The number of thioether (sulfide) groups is 1. The number of carbonyl (C=O) groups excluding carboxylic acids is 1. The van der Waals surface area contributed by atoms with Gasteiger partial charge in [-0.1, -0.05) is 51.5 Å². The Kier molecular flexibility index (Phi) is 6.75. The van der Waals surface area contributed by atoms with Crippen molar-refractivity contribution in [1.82, 2.24) is 0 Å². The molecule has 0 heterocycles. The monoisotopic (exact) mass is 407 g/mol. The van der Waals surface area contributed by atoms with Crippen molar-refractivity contribution in [3.05, 3.63) is 57.6 Å². The molecule has 2 aromatic rings. The van der Waals surface area contributed by atoms with Gasteiger partial charge >= 0.3 is 0 Å². The van der Waals surface area contributed by atoms with E-state index in [2.05, 4.69) is 28.9 Å². The minimum atomic E-state index is 0.0309. The number of aryl methyl sites for hydroxylation is 2. The molecule has 0 bridgehead atoms. The van der Waals surface area contributed by atoms with E-state index in [-0.39, 0.29) is 5.24 Å². The Morgan fingerprint density at radius 1 is 1.25 bits per heavy atom. The summed E-state index contributed by atoms with van der Waals surface area (Å²) in [6, 6.07) is 12.0. The number of ether oxygens (including phenoxy) is 1. The molecule has 2 aromatic carbocycles. The highest BCUT2D eigenvalue weighted by atomic mass is 79.9. The number of anilines is 1. The third-order valence-electron chi connectivity index (χ3n) is 3.80. The van der Waals surface area contributed by atoms with Crippen molar-refractivity contribution in [2.45, 2.75) is 27.4 Å². The summed E-state index contributed by atoms with van der Waals surface area (Å²) < 4.78 is 6.97. The molecule has 2 rings (SSSR count). The number of hydrogen-bond acceptors (Lipinski definition) is 3. The summed E-state index contributed by atoms with van der Waals surface area (Å²) in [5.41, 5.74) is 4.18. The van der Waals surface area contributed by atoms with Crippen LogP contribution in [-0.2, 0) is 6.61 Å². The van der Waals surface area contributed by atoms with Crippen LogP contribution in [0.5, 0.6) is 5.75 Å². The van der Waals surface area contributed by atoms with Crippen molar-refractivity contribution in [3.8, 4) is 5.75 Å². The SMILES string of the molecule is CCN(C(=O)SC)c1cccc(Br)c1COc1ccc(C)cc1C. The molecule has 0 aromatic heterocycles. The zero-order valence-electron chi connectivity index (χ0n) is 14.4. The van der Waals surface area contributed by atoms with Crippen LogP contribution in [0.1, 0.15) is 23.6 Å². The molecule has 0 aliphatic carbocycles. The van der Waals surface area contributed by atoms with E-state index < -0.39 is 0 Å². The van der Waals surface area contributed by atoms with Gasteiger partial charge in [-0.25, -0.2) is 0 Å². The lowest BCUT2D eigenvalue weighted by molar-refractivity contribution is 0.265. The first-order chi connectivity index (χ1) is 11.5. The average Bonchev–Trinajstić information content (AvgIpc) is 2.56. The number of nitrogens with zero attached hydrogens (tertiary/aromatic N) is 1. The fraction of sp³-hybridized carbons (Fsp3) is 0.316. The summed E-state index contributed by atoms with van der Waals surface area (Å²) in [6.45, 7) is 7.10. The fourth-order valence-electron chi connectivity index (χ4n) is 2.56. The third-order valence-corrected chi connectivity index (χ3v) is 5.11. The molecular formula is C19H22BrNO2S. The maximum atomic E-state index is 12.2. The van der Waals surface area contributed by atoms with Crippen LogP contribution >= 0.6 is 27.7 Å². The Morgan fingerprint density at radius 3 is 2.62 bits per heavy atom. The standard InChI is InChI=1S/C19H22BrNO2S/c1-5-21(19(22)24-4)17-8-6-7-16(20)15(17)12-23-18-10-9-13(2)11-14(18)3/h6-11H,5,12H2,1-4H3. The van der Waals surface area contributed by atoms with E-state index in [0.29, 0.717) is 13.2 Å². The Morgan fingerprint density at radius 2 is 2.00 bits per heavy atom. The van der Waals surface area contributed by atoms with Gasteiger partial charge in [0.15, 0.2) is 0 Å². The first-order valence-corrected chi connectivity index (χ1v) is 9.82. The molecule has 0 aliphatic heterocycles. The molecule has 0 unspecified atom stereocenters. The van der Waals surface area contributed by atoms with E-state index in [9.17, 15) is 4.79 Å². The van der Waals surface area contributed by atoms with Crippen molar-refractivity contribution in [2.75, 3.05) is 17.7 Å². The molecule has 0 fully saturated rings. The first kappa shape index (κ1) is 18.9. The fourth-order valence-corrected chi connectivity index (χ4v) is 3.48. The van der Waals surface area contributed by atoms with E-state index in [1.807, 2.05) is 44.2 Å². The summed E-state index contributed by atoms with van der Waals surface area (Å²) in [7, 11) is 0. The molecule has 0 saturated heterocycles. The van der Waals surface area contributed by atoms with Gasteiger partial charge in [0.05, 0.1) is 5.69 Å². The number of hydrogen-bond donors (Lipinski definition) is 0. The van der Waals surface area contributed by atoms with Gasteiger partial charge < -0.3 is 9.64 Å². The summed E-state index contributed by atoms with van der Waals surface area (Å²) in [5.74, 6) is 0.863. The van der Waals surface area contributed by atoms with Crippen molar-refractivity contribution >= 4 is 38.6 Å². The highest BCUT2D eigenvalue weighted by molar-refractivity contribution is 9.10. The second-order valence-electron chi connectivity index (χ2n) is 5.51. The summed E-state index contributed by atoms with van der Waals surface area (Å²) >= 11 is 4.81. The lowest BCUT2D eigenvalue weighted by Gasteiger charge is -2.24. The largest absolute Gasteiger partial charge is 0.489 e. The third kappa shape index (κ3) is 4.33. The van der Waals surface area contributed by atoms with Crippen molar-refractivity contribution < 1.29 is 9.53 Å². The minimum Gasteiger partial charge on any atom is -0.489 e. The quantitative estimate of drug-likeness (QED) is 0.612. The van der Waals surface area contributed by atoms with E-state index in [1.54, 1.807) is 11.2 Å². The molecule has 0 N–H and O–H groups in total. The van der Waals surface area contributed by atoms with Crippen molar-refractivity contribution in [3.63, 3.8) is 0 Å². The van der Waals surface area contributed by atoms with Crippen LogP contribution in [0.3, 0.4) is 0 Å². The Balaban J connectivity index is 2.31. The van der Waals surface area contributed by atoms with Crippen molar-refractivity contribution in [2.24, 2.45) is 0 Å². The van der Waals surface area contributed by atoms with Crippen LogP contribution in [0.4, 0.5) is 10.5 Å². The molecule has 5 heteroatoms. The average molecular weight is 408 g/mol. The highest BCUT2D eigenvalue weighted by Crippen LogP contribution is 2.31. The second-order valence-corrected chi connectivity index (χ2v) is 7.12. The molecule has 128 valence electrons. The number of rotatable bonds is 5. The zero-order valence-corrected chi connectivity index (χ0v) is 16.8. The number of halogens is 1. The number of benzene rings is 2. The van der Waals surface area contributed by atoms with Gasteiger partial charge in [-0.15, -0.1) is 0 Å². The molecule has 0 radical (unpaired) electrons. The maximum absolute atomic E-state index is 12.2. The summed E-state index contributed by atoms with van der Waals surface area (Å²) in [6.07, 6.45) is 1.80. The molecule has 24 heavy (non-hydrogen) atoms. The molecule has 0 atom stereocenters. The first-order valence-electron chi connectivity index (χ1n) is 7.80. The van der Waals surface area contributed by atoms with Gasteiger partial charge in [-0.2, -0.15) is 0 Å². The predicted molar refractivity (Wildman–Crippen MR) is 106 cm³/mol. The summed E-state index contributed by atoms with van der Waals surface area (Å²) in [4.78, 5) is 14.0. The molecular weight excluding hydrogens is 386 g/mol. The second kappa shape index (κ2) is 8.58.